The summed E-state index contributed by atoms with van der Waals surface area (Å²) in [7, 11) is 3.27. The van der Waals surface area contributed by atoms with Gasteiger partial charge in [0.05, 0.1) is 27.4 Å². The van der Waals surface area contributed by atoms with Crippen LogP contribution >= 0.6 is 0 Å². The number of hydrogen-bond donors (Lipinski definition) is 0. The minimum atomic E-state index is 0.0557. The first-order chi connectivity index (χ1) is 18.1. The third-order valence-corrected chi connectivity index (χ3v) is 6.26. The molecule has 0 radical (unpaired) electrons. The van der Waals surface area contributed by atoms with Crippen molar-refractivity contribution in [3.05, 3.63) is 58.7 Å². The number of ketones is 1. The zero-order valence-electron chi connectivity index (χ0n) is 24.2. The maximum atomic E-state index is 13.6. The Bertz CT molecular complexity index is 1080. The Morgan fingerprint density at radius 2 is 1.13 bits per heavy atom. The van der Waals surface area contributed by atoms with Crippen LogP contribution in [0, 0.1) is 11.8 Å². The molecule has 0 N–H and O–H groups in total. The van der Waals surface area contributed by atoms with Crippen LogP contribution in [0.3, 0.4) is 0 Å². The number of methoxy groups -OCH3 is 2. The summed E-state index contributed by atoms with van der Waals surface area (Å²) in [6.07, 6.45) is 3.92. The quantitative estimate of drug-likeness (QED) is 0.313. The van der Waals surface area contributed by atoms with Gasteiger partial charge in [0.25, 0.3) is 0 Å². The van der Waals surface area contributed by atoms with E-state index in [-0.39, 0.29) is 11.8 Å². The molecular formula is C32H43NO5. The molecule has 38 heavy (non-hydrogen) atoms. The molecule has 3 rings (SSSR count). The second-order valence-electron chi connectivity index (χ2n) is 10.9. The standard InChI is InChI=1S/C32H43NO5/c1-21(2)19-37-28-11-9-24(15-30(28)35-7)13-26-17-33(23(5)6)18-27(32(26)34)14-25-10-12-29(31(16-25)36-8)38-20-22(3)4/h9-16,21-23H,17-20H2,1-8H3/b26-13-,27-14+. The average Bonchev–Trinajstić information content (AvgIpc) is 2.88. The van der Waals surface area contributed by atoms with E-state index in [1.54, 1.807) is 14.2 Å². The molecular weight excluding hydrogens is 478 g/mol. The van der Waals surface area contributed by atoms with Gasteiger partial charge in [0.1, 0.15) is 0 Å². The van der Waals surface area contributed by atoms with Gasteiger partial charge in [0.15, 0.2) is 28.8 Å². The Morgan fingerprint density at radius 3 is 1.47 bits per heavy atom. The molecule has 0 unspecified atom stereocenters. The lowest BCUT2D eigenvalue weighted by molar-refractivity contribution is -0.113. The van der Waals surface area contributed by atoms with Gasteiger partial charge in [0.2, 0.25) is 0 Å². The Hall–Kier alpha value is -3.25. The third kappa shape index (κ3) is 7.87. The molecule has 1 fully saturated rings. The molecule has 0 atom stereocenters. The van der Waals surface area contributed by atoms with Crippen molar-refractivity contribution in [1.82, 2.24) is 4.90 Å². The van der Waals surface area contributed by atoms with Crippen LogP contribution < -0.4 is 18.9 Å². The third-order valence-electron chi connectivity index (χ3n) is 6.26. The maximum Gasteiger partial charge on any atom is 0.187 e. The number of benzene rings is 2. The molecule has 1 heterocycles. The van der Waals surface area contributed by atoms with E-state index in [2.05, 4.69) is 46.4 Å². The van der Waals surface area contributed by atoms with Gasteiger partial charge in [-0.05, 0) is 73.2 Å². The van der Waals surface area contributed by atoms with E-state index in [0.717, 1.165) is 22.3 Å². The first kappa shape index (κ1) is 29.3. The molecule has 1 aliphatic heterocycles. The number of nitrogens with zero attached hydrogens (tertiary/aromatic N) is 1. The summed E-state index contributed by atoms with van der Waals surface area (Å²) < 4.78 is 22.9. The van der Waals surface area contributed by atoms with Crippen LogP contribution in [0.1, 0.15) is 52.7 Å². The van der Waals surface area contributed by atoms with Gasteiger partial charge >= 0.3 is 0 Å². The number of carbonyl (C=O) groups is 1. The van der Waals surface area contributed by atoms with Gasteiger partial charge < -0.3 is 18.9 Å². The van der Waals surface area contributed by atoms with E-state index in [0.29, 0.717) is 61.1 Å². The number of piperidine rings is 1. The average molecular weight is 522 g/mol. The fraction of sp³-hybridized carbons (Fsp3) is 0.469. The van der Waals surface area contributed by atoms with E-state index >= 15 is 0 Å². The van der Waals surface area contributed by atoms with E-state index in [1.165, 1.54) is 0 Å². The molecule has 0 bridgehead atoms. The van der Waals surface area contributed by atoms with Crippen molar-refractivity contribution in [2.24, 2.45) is 11.8 Å². The molecule has 0 spiro atoms. The summed E-state index contributed by atoms with van der Waals surface area (Å²) in [5, 5.41) is 0. The van der Waals surface area contributed by atoms with Crippen molar-refractivity contribution in [2.45, 2.75) is 47.6 Å². The van der Waals surface area contributed by atoms with Gasteiger partial charge in [-0.2, -0.15) is 0 Å². The van der Waals surface area contributed by atoms with Crippen LogP contribution in [0.5, 0.6) is 23.0 Å². The van der Waals surface area contributed by atoms with Gasteiger partial charge in [-0.15, -0.1) is 0 Å². The van der Waals surface area contributed by atoms with Gasteiger partial charge in [-0.25, -0.2) is 0 Å². The topological polar surface area (TPSA) is 57.2 Å². The van der Waals surface area contributed by atoms with Crippen molar-refractivity contribution >= 4 is 17.9 Å². The van der Waals surface area contributed by atoms with Crippen LogP contribution in [0.15, 0.2) is 47.5 Å². The fourth-order valence-corrected chi connectivity index (χ4v) is 4.13. The highest BCUT2D eigenvalue weighted by atomic mass is 16.5. The predicted octanol–water partition coefficient (Wildman–Crippen LogP) is 6.53. The van der Waals surface area contributed by atoms with E-state index in [4.69, 9.17) is 18.9 Å². The summed E-state index contributed by atoms with van der Waals surface area (Å²) in [5.41, 5.74) is 3.30. The van der Waals surface area contributed by atoms with Gasteiger partial charge in [-0.3, -0.25) is 9.69 Å². The minimum Gasteiger partial charge on any atom is -0.493 e. The molecule has 1 saturated heterocycles. The monoisotopic (exact) mass is 521 g/mol. The number of Topliss-reactive ketones (excluding diaryl/α,β-unsaturated/α-hetero) is 1. The maximum absolute atomic E-state index is 13.6. The summed E-state index contributed by atoms with van der Waals surface area (Å²) in [5.74, 6) is 3.61. The van der Waals surface area contributed by atoms with E-state index in [9.17, 15) is 4.79 Å². The Labute approximate surface area is 228 Å². The lowest BCUT2D eigenvalue weighted by Crippen LogP contribution is -2.41. The second kappa shape index (κ2) is 13.5. The normalized spacial score (nSPS) is 16.7. The molecule has 0 aliphatic carbocycles. The zero-order chi connectivity index (χ0) is 27.8. The van der Waals surface area contributed by atoms with Crippen molar-refractivity contribution < 1.29 is 23.7 Å². The van der Waals surface area contributed by atoms with Crippen LogP contribution in [0.4, 0.5) is 0 Å². The summed E-state index contributed by atoms with van der Waals surface area (Å²) >= 11 is 0. The second-order valence-corrected chi connectivity index (χ2v) is 10.9. The van der Waals surface area contributed by atoms with E-state index < -0.39 is 0 Å². The smallest absolute Gasteiger partial charge is 0.187 e. The molecule has 0 aromatic heterocycles. The summed E-state index contributed by atoms with van der Waals surface area (Å²) in [4.78, 5) is 15.9. The van der Waals surface area contributed by atoms with Crippen LogP contribution in [0.25, 0.3) is 12.2 Å². The highest BCUT2D eigenvalue weighted by Crippen LogP contribution is 2.32. The Kier molecular flexibility index (Phi) is 10.4. The molecule has 2 aromatic carbocycles. The molecule has 2 aromatic rings. The fourth-order valence-electron chi connectivity index (χ4n) is 4.13. The Morgan fingerprint density at radius 1 is 0.711 bits per heavy atom. The molecule has 0 saturated carbocycles. The number of hydrogen-bond acceptors (Lipinski definition) is 6. The zero-order valence-corrected chi connectivity index (χ0v) is 24.2. The highest BCUT2D eigenvalue weighted by Gasteiger charge is 2.27. The van der Waals surface area contributed by atoms with Gasteiger partial charge in [-0.1, -0.05) is 39.8 Å². The highest BCUT2D eigenvalue weighted by molar-refractivity contribution is 6.14. The molecule has 1 aliphatic rings. The lowest BCUT2D eigenvalue weighted by Gasteiger charge is -2.32. The van der Waals surface area contributed by atoms with Crippen LogP contribution in [-0.4, -0.2) is 57.2 Å². The number of likely N-dealkylation sites (tertiary alicyclic amines) is 1. The summed E-state index contributed by atoms with van der Waals surface area (Å²) in [6.45, 7) is 15.1. The number of ether oxygens (including phenoxy) is 4. The molecule has 206 valence electrons. The van der Waals surface area contributed by atoms with Gasteiger partial charge in [0, 0.05) is 30.3 Å². The van der Waals surface area contributed by atoms with Crippen molar-refractivity contribution in [1.29, 1.82) is 0 Å². The largest absolute Gasteiger partial charge is 0.493 e. The number of rotatable bonds is 11. The summed E-state index contributed by atoms with van der Waals surface area (Å²) in [6, 6.07) is 11.9. The number of carbonyl (C=O) groups excluding carboxylic acids is 1. The SMILES string of the molecule is COc1cc(/C=C2/CN(C(C)C)C/C(=C\c3ccc(OCC(C)C)c(OC)c3)C2=O)ccc1OCC(C)C. The molecule has 0 amide bonds. The molecule has 6 nitrogen and oxygen atoms in total. The van der Waals surface area contributed by atoms with Crippen molar-refractivity contribution in [3.63, 3.8) is 0 Å². The first-order valence-electron chi connectivity index (χ1n) is 13.4. The molecule has 6 heteroatoms. The van der Waals surface area contributed by atoms with Crippen molar-refractivity contribution in [2.75, 3.05) is 40.5 Å². The lowest BCUT2D eigenvalue weighted by atomic mass is 9.93. The van der Waals surface area contributed by atoms with Crippen LogP contribution in [0.2, 0.25) is 0 Å². The first-order valence-corrected chi connectivity index (χ1v) is 13.4. The Balaban J connectivity index is 1.92. The van der Waals surface area contributed by atoms with E-state index in [1.807, 2.05) is 48.6 Å². The predicted molar refractivity (Wildman–Crippen MR) is 154 cm³/mol. The van der Waals surface area contributed by atoms with Crippen molar-refractivity contribution in [3.8, 4) is 23.0 Å². The van der Waals surface area contributed by atoms with Crippen LogP contribution in [-0.2, 0) is 4.79 Å². The minimum absolute atomic E-state index is 0.0557.